The number of alkyl halides is 1. The molecule has 2 heterocycles. The van der Waals surface area contributed by atoms with Gasteiger partial charge in [0.15, 0.2) is 17.3 Å². The van der Waals surface area contributed by atoms with Crippen molar-refractivity contribution < 1.29 is 14.3 Å². The van der Waals surface area contributed by atoms with E-state index in [1.54, 1.807) is 36.7 Å². The summed E-state index contributed by atoms with van der Waals surface area (Å²) in [5.41, 5.74) is 1.40. The number of carbonyl (C=O) groups is 1. The van der Waals surface area contributed by atoms with Gasteiger partial charge >= 0.3 is 0 Å². The van der Waals surface area contributed by atoms with E-state index in [9.17, 15) is 4.79 Å². The first-order chi connectivity index (χ1) is 9.25. The number of pyridine rings is 1. The van der Waals surface area contributed by atoms with Crippen LogP contribution < -0.4 is 9.47 Å². The van der Waals surface area contributed by atoms with Crippen LogP contribution in [0.5, 0.6) is 11.5 Å². The van der Waals surface area contributed by atoms with E-state index in [2.05, 4.69) is 20.9 Å². The molecular formula is C14H10BrNO3. The lowest BCUT2D eigenvalue weighted by Gasteiger charge is -2.09. The Kier molecular flexibility index (Phi) is 3.21. The molecule has 0 spiro atoms. The van der Waals surface area contributed by atoms with Gasteiger partial charge in [0.2, 0.25) is 6.79 Å². The number of ether oxygens (including phenoxy) is 2. The maximum atomic E-state index is 12.4. The van der Waals surface area contributed by atoms with Crippen LogP contribution in [0.1, 0.15) is 20.7 Å². The van der Waals surface area contributed by atoms with Gasteiger partial charge in [-0.05, 0) is 29.8 Å². The van der Waals surface area contributed by atoms with Crippen LogP contribution in [0.15, 0.2) is 42.7 Å². The van der Waals surface area contributed by atoms with Crippen molar-refractivity contribution in [1.29, 1.82) is 0 Å². The molecule has 19 heavy (non-hydrogen) atoms. The first-order valence-corrected chi connectivity index (χ1v) is 6.65. The number of ketones is 1. The highest BCUT2D eigenvalue weighted by Crippen LogP contribution is 2.35. The Labute approximate surface area is 118 Å². The molecule has 0 radical (unpaired) electrons. The van der Waals surface area contributed by atoms with Crippen LogP contribution in [0.2, 0.25) is 0 Å². The largest absolute Gasteiger partial charge is 0.454 e. The smallest absolute Gasteiger partial charge is 0.231 e. The summed E-state index contributed by atoms with van der Waals surface area (Å²) >= 11 is 3.41. The van der Waals surface area contributed by atoms with E-state index in [1.165, 1.54) is 0 Å². The molecule has 0 amide bonds. The third-order valence-electron chi connectivity index (χ3n) is 2.86. The lowest BCUT2D eigenvalue weighted by molar-refractivity contribution is 0.0991. The molecule has 5 heteroatoms. The molecule has 1 atom stereocenters. The molecule has 1 aliphatic heterocycles. The summed E-state index contributed by atoms with van der Waals surface area (Å²) in [7, 11) is 0. The summed E-state index contributed by atoms with van der Waals surface area (Å²) in [6, 6.07) is 8.85. The van der Waals surface area contributed by atoms with E-state index in [0.29, 0.717) is 17.1 Å². The van der Waals surface area contributed by atoms with Crippen molar-refractivity contribution in [3.63, 3.8) is 0 Å². The van der Waals surface area contributed by atoms with E-state index in [1.807, 2.05) is 6.07 Å². The number of hydrogen-bond acceptors (Lipinski definition) is 4. The molecule has 1 aromatic carbocycles. The molecule has 0 bridgehead atoms. The number of fused-ring (bicyclic) bond motifs is 1. The Balaban J connectivity index is 1.88. The first kappa shape index (κ1) is 12.2. The Morgan fingerprint density at radius 3 is 2.89 bits per heavy atom. The van der Waals surface area contributed by atoms with Crippen molar-refractivity contribution in [3.8, 4) is 11.5 Å². The number of hydrogen-bond donors (Lipinski definition) is 0. The van der Waals surface area contributed by atoms with E-state index in [-0.39, 0.29) is 12.6 Å². The normalized spacial score (nSPS) is 14.2. The van der Waals surface area contributed by atoms with Gasteiger partial charge in [-0.2, -0.15) is 0 Å². The van der Waals surface area contributed by atoms with Gasteiger partial charge in [0.25, 0.3) is 0 Å². The van der Waals surface area contributed by atoms with Crippen LogP contribution in [-0.2, 0) is 0 Å². The molecule has 0 saturated heterocycles. The standard InChI is InChI=1S/C14H10BrNO3/c15-13(10-2-1-5-16-7-10)14(17)9-3-4-11-12(6-9)19-8-18-11/h1-7,13H,8H2. The van der Waals surface area contributed by atoms with Crippen LogP contribution in [0.3, 0.4) is 0 Å². The lowest BCUT2D eigenvalue weighted by atomic mass is 10.0. The van der Waals surface area contributed by atoms with Crippen LogP contribution in [0.25, 0.3) is 0 Å². The predicted molar refractivity (Wildman–Crippen MR) is 72.8 cm³/mol. The molecule has 1 unspecified atom stereocenters. The second-order valence-corrected chi connectivity index (χ2v) is 5.00. The topological polar surface area (TPSA) is 48.4 Å². The van der Waals surface area contributed by atoms with Gasteiger partial charge in [-0.1, -0.05) is 22.0 Å². The zero-order valence-electron chi connectivity index (χ0n) is 9.88. The summed E-state index contributed by atoms with van der Waals surface area (Å²) < 4.78 is 10.5. The molecule has 0 aliphatic carbocycles. The van der Waals surface area contributed by atoms with Crippen LogP contribution in [-0.4, -0.2) is 17.6 Å². The maximum absolute atomic E-state index is 12.4. The summed E-state index contributed by atoms with van der Waals surface area (Å²) in [4.78, 5) is 16.0. The number of carbonyl (C=O) groups excluding carboxylic acids is 1. The van der Waals surface area contributed by atoms with Crippen molar-refractivity contribution in [2.75, 3.05) is 6.79 Å². The molecular weight excluding hydrogens is 310 g/mol. The minimum atomic E-state index is -0.415. The quantitative estimate of drug-likeness (QED) is 0.644. The first-order valence-electron chi connectivity index (χ1n) is 5.73. The molecule has 96 valence electrons. The minimum Gasteiger partial charge on any atom is -0.454 e. The lowest BCUT2D eigenvalue weighted by Crippen LogP contribution is -2.07. The summed E-state index contributed by atoms with van der Waals surface area (Å²) in [5.74, 6) is 1.24. The van der Waals surface area contributed by atoms with Crippen LogP contribution in [0, 0.1) is 0 Å². The van der Waals surface area contributed by atoms with Crippen molar-refractivity contribution in [1.82, 2.24) is 4.98 Å². The van der Waals surface area contributed by atoms with Gasteiger partial charge in [-0.15, -0.1) is 0 Å². The number of Topliss-reactive ketones (excluding diaryl/α,β-unsaturated/α-hetero) is 1. The third kappa shape index (κ3) is 2.33. The van der Waals surface area contributed by atoms with Gasteiger partial charge in [-0.25, -0.2) is 0 Å². The van der Waals surface area contributed by atoms with Gasteiger partial charge in [0.05, 0.1) is 0 Å². The molecule has 4 nitrogen and oxygen atoms in total. The molecule has 1 aliphatic rings. The monoisotopic (exact) mass is 319 g/mol. The minimum absolute atomic E-state index is 0.0358. The van der Waals surface area contributed by atoms with Gasteiger partial charge in [-0.3, -0.25) is 9.78 Å². The Morgan fingerprint density at radius 1 is 1.26 bits per heavy atom. The van der Waals surface area contributed by atoms with Crippen LogP contribution in [0.4, 0.5) is 0 Å². The number of halogens is 1. The molecule has 3 rings (SSSR count). The SMILES string of the molecule is O=C(c1ccc2c(c1)OCO2)C(Br)c1cccnc1. The average molecular weight is 320 g/mol. The van der Waals surface area contributed by atoms with Gasteiger partial charge in [0.1, 0.15) is 4.83 Å². The van der Waals surface area contributed by atoms with Crippen molar-refractivity contribution in [3.05, 3.63) is 53.9 Å². The fourth-order valence-corrected chi connectivity index (χ4v) is 2.41. The number of benzene rings is 1. The zero-order valence-corrected chi connectivity index (χ0v) is 11.5. The molecule has 1 aromatic heterocycles. The van der Waals surface area contributed by atoms with Crippen molar-refractivity contribution >= 4 is 21.7 Å². The highest BCUT2D eigenvalue weighted by Gasteiger charge is 2.22. The number of rotatable bonds is 3. The summed E-state index contributed by atoms with van der Waals surface area (Å²) in [6.07, 6.45) is 3.35. The Morgan fingerprint density at radius 2 is 2.11 bits per heavy atom. The third-order valence-corrected chi connectivity index (χ3v) is 3.81. The fourth-order valence-electron chi connectivity index (χ4n) is 1.87. The Bertz CT molecular complexity index is 615. The molecule has 0 fully saturated rings. The second-order valence-electron chi connectivity index (χ2n) is 4.08. The predicted octanol–water partition coefficient (Wildman–Crippen LogP) is 3.13. The second kappa shape index (κ2) is 5.01. The van der Waals surface area contributed by atoms with Crippen LogP contribution >= 0.6 is 15.9 Å². The maximum Gasteiger partial charge on any atom is 0.231 e. The van der Waals surface area contributed by atoms with Crippen molar-refractivity contribution in [2.24, 2.45) is 0 Å². The zero-order chi connectivity index (χ0) is 13.2. The van der Waals surface area contributed by atoms with E-state index >= 15 is 0 Å². The van der Waals surface area contributed by atoms with E-state index in [4.69, 9.17) is 9.47 Å². The van der Waals surface area contributed by atoms with Gasteiger partial charge in [0, 0.05) is 18.0 Å². The van der Waals surface area contributed by atoms with E-state index < -0.39 is 4.83 Å². The average Bonchev–Trinajstić information content (AvgIpc) is 2.94. The highest BCUT2D eigenvalue weighted by molar-refractivity contribution is 9.09. The number of nitrogens with zero attached hydrogens (tertiary/aromatic N) is 1. The highest BCUT2D eigenvalue weighted by atomic mass is 79.9. The molecule has 0 N–H and O–H groups in total. The molecule has 0 saturated carbocycles. The van der Waals surface area contributed by atoms with Gasteiger partial charge < -0.3 is 9.47 Å². The van der Waals surface area contributed by atoms with E-state index in [0.717, 1.165) is 5.56 Å². The Hall–Kier alpha value is -1.88. The molecule has 2 aromatic rings. The summed E-state index contributed by atoms with van der Waals surface area (Å²) in [5, 5.41) is 0. The summed E-state index contributed by atoms with van der Waals surface area (Å²) in [6.45, 7) is 0.202. The fraction of sp³-hybridized carbons (Fsp3) is 0.143. The van der Waals surface area contributed by atoms with Crippen molar-refractivity contribution in [2.45, 2.75) is 4.83 Å². The number of aromatic nitrogens is 1.